The van der Waals surface area contributed by atoms with Crippen LogP contribution in [0.3, 0.4) is 0 Å². The maximum absolute atomic E-state index is 14.2. The molecule has 2 amide bonds. The number of Topliss-reactive ketones (excluding diaryl/α,β-unsaturated/α-hetero) is 1. The molecular weight excluding hydrogens is 556 g/mol. The molecule has 1 aliphatic heterocycles. The number of phenolic OH excluding ortho intramolecular Hbond substituents is 1. The van der Waals surface area contributed by atoms with Gasteiger partial charge >= 0.3 is 0 Å². The number of hydrogen-bond acceptors (Lipinski definition) is 7. The normalized spacial score (nSPS) is 24.4. The Morgan fingerprint density at radius 1 is 0.886 bits per heavy atom. The molecule has 220 valence electrons. The lowest BCUT2D eigenvalue weighted by Crippen LogP contribution is -2.39. The van der Waals surface area contributed by atoms with Crippen LogP contribution in [0, 0.1) is 17.8 Å². The van der Waals surface area contributed by atoms with E-state index in [0.717, 1.165) is 16.9 Å². The molecule has 8 nitrogen and oxygen atoms in total. The summed E-state index contributed by atoms with van der Waals surface area (Å²) in [6.07, 6.45) is 3.79. The van der Waals surface area contributed by atoms with Crippen molar-refractivity contribution >= 4 is 40.4 Å². The molecule has 1 heterocycles. The fraction of sp³-hybridized carbons (Fsp3) is 0.222. The van der Waals surface area contributed by atoms with Gasteiger partial charge in [0.25, 0.3) is 0 Å². The van der Waals surface area contributed by atoms with Crippen LogP contribution in [0.5, 0.6) is 11.5 Å². The lowest BCUT2D eigenvalue weighted by atomic mass is 9.59. The third kappa shape index (κ3) is 4.28. The number of allylic oxidation sites excluding steroid dienone is 6. The number of carbonyl (C=O) groups is 4. The van der Waals surface area contributed by atoms with Gasteiger partial charge in [0.2, 0.25) is 11.8 Å². The quantitative estimate of drug-likeness (QED) is 0.221. The van der Waals surface area contributed by atoms with E-state index in [-0.39, 0.29) is 35.6 Å². The minimum Gasteiger partial charge on any atom is -0.507 e. The summed E-state index contributed by atoms with van der Waals surface area (Å²) in [7, 11) is 1.49. The highest BCUT2D eigenvalue weighted by Crippen LogP contribution is 2.56. The van der Waals surface area contributed by atoms with E-state index >= 15 is 0 Å². The molecule has 7 rings (SSSR count). The second-order valence-electron chi connectivity index (χ2n) is 11.7. The molecule has 1 saturated heterocycles. The van der Waals surface area contributed by atoms with E-state index in [1.54, 1.807) is 31.2 Å². The standard InChI is InChI=1S/C36H30N2O6/c1-19-16-30(40)33-28(34(19)41)18-27-24(31(33)25-13-12-23(44-2)17-29(25)39)14-15-26-32(27)36(43)38(35(26)42)22-10-8-21(9-11-22)37-20-6-4-3-5-7-20/h3-14,16-17,26-27,31-32,37,39H,15,18H2,1-2H3. The number of amides is 2. The van der Waals surface area contributed by atoms with Gasteiger partial charge in [-0.25, -0.2) is 0 Å². The van der Waals surface area contributed by atoms with E-state index in [1.165, 1.54) is 24.2 Å². The number of ether oxygens (including phenoxy) is 1. The molecule has 4 atom stereocenters. The van der Waals surface area contributed by atoms with Crippen molar-refractivity contribution in [2.75, 3.05) is 17.3 Å². The van der Waals surface area contributed by atoms with E-state index in [0.29, 0.717) is 40.1 Å². The molecule has 44 heavy (non-hydrogen) atoms. The van der Waals surface area contributed by atoms with Crippen molar-refractivity contribution < 1.29 is 29.0 Å². The minimum atomic E-state index is -0.725. The fourth-order valence-electron chi connectivity index (χ4n) is 7.27. The minimum absolute atomic E-state index is 0.0731. The van der Waals surface area contributed by atoms with Crippen LogP contribution in [-0.4, -0.2) is 35.6 Å². The van der Waals surface area contributed by atoms with Crippen LogP contribution in [0.4, 0.5) is 17.1 Å². The zero-order valence-corrected chi connectivity index (χ0v) is 24.2. The van der Waals surface area contributed by atoms with E-state index < -0.39 is 23.7 Å². The van der Waals surface area contributed by atoms with Gasteiger partial charge in [-0.15, -0.1) is 0 Å². The topological polar surface area (TPSA) is 113 Å². The lowest BCUT2D eigenvalue weighted by Gasteiger charge is -2.42. The third-order valence-electron chi connectivity index (χ3n) is 9.30. The van der Waals surface area contributed by atoms with Crippen LogP contribution in [0.15, 0.2) is 107 Å². The van der Waals surface area contributed by atoms with Gasteiger partial charge in [-0.3, -0.25) is 24.1 Å². The summed E-state index contributed by atoms with van der Waals surface area (Å²) in [5.74, 6) is -3.23. The number of para-hydroxylation sites is 1. The number of imide groups is 1. The summed E-state index contributed by atoms with van der Waals surface area (Å²) in [5, 5.41) is 14.4. The van der Waals surface area contributed by atoms with Gasteiger partial charge in [-0.2, -0.15) is 0 Å². The molecule has 2 N–H and O–H groups in total. The molecule has 3 aromatic carbocycles. The molecule has 3 aliphatic carbocycles. The second kappa shape index (κ2) is 10.5. The smallest absolute Gasteiger partial charge is 0.238 e. The molecule has 0 saturated carbocycles. The SMILES string of the molecule is COc1ccc(C2C3=CCC4C(=O)N(c5ccc(Nc6ccccc6)cc5)C(=O)C4C3CC3=C2C(=O)C=C(C)C3=O)c(O)c1. The van der Waals surface area contributed by atoms with E-state index in [1.807, 2.05) is 48.5 Å². The first kappa shape index (κ1) is 27.6. The average Bonchev–Trinajstić information content (AvgIpc) is 3.29. The maximum atomic E-state index is 14.2. The molecule has 0 bridgehead atoms. The van der Waals surface area contributed by atoms with E-state index in [4.69, 9.17) is 4.74 Å². The summed E-state index contributed by atoms with van der Waals surface area (Å²) >= 11 is 0. The third-order valence-corrected chi connectivity index (χ3v) is 9.30. The Morgan fingerprint density at radius 3 is 2.32 bits per heavy atom. The number of nitrogens with zero attached hydrogens (tertiary/aromatic N) is 1. The van der Waals surface area contributed by atoms with Gasteiger partial charge in [-0.1, -0.05) is 35.9 Å². The first-order valence-electron chi connectivity index (χ1n) is 14.6. The van der Waals surface area contributed by atoms with Gasteiger partial charge in [0.15, 0.2) is 11.6 Å². The zero-order chi connectivity index (χ0) is 30.7. The monoisotopic (exact) mass is 586 g/mol. The number of nitrogens with one attached hydrogen (secondary N) is 1. The molecular formula is C36H30N2O6. The summed E-state index contributed by atoms with van der Waals surface area (Å²) < 4.78 is 5.27. The number of aromatic hydroxyl groups is 1. The summed E-state index contributed by atoms with van der Waals surface area (Å²) in [6, 6.07) is 21.7. The van der Waals surface area contributed by atoms with Crippen molar-refractivity contribution in [3.8, 4) is 11.5 Å². The average molecular weight is 587 g/mol. The Kier molecular flexibility index (Phi) is 6.57. The van der Waals surface area contributed by atoms with Crippen LogP contribution in [0.2, 0.25) is 0 Å². The number of ketones is 2. The summed E-state index contributed by atoms with van der Waals surface area (Å²) in [4.78, 5) is 56.1. The molecule has 0 spiro atoms. The van der Waals surface area contributed by atoms with Gasteiger partial charge in [-0.05, 0) is 74.2 Å². The Labute approximate surface area is 254 Å². The number of rotatable bonds is 5. The predicted molar refractivity (Wildman–Crippen MR) is 165 cm³/mol. The molecule has 0 radical (unpaired) electrons. The van der Waals surface area contributed by atoms with Gasteiger partial charge < -0.3 is 15.2 Å². The van der Waals surface area contributed by atoms with Crippen molar-refractivity contribution in [1.29, 1.82) is 0 Å². The largest absolute Gasteiger partial charge is 0.507 e. The number of carbonyl (C=O) groups excluding carboxylic acids is 4. The highest BCUT2D eigenvalue weighted by Gasteiger charge is 2.56. The van der Waals surface area contributed by atoms with Gasteiger partial charge in [0.05, 0.1) is 24.6 Å². The Morgan fingerprint density at radius 2 is 1.61 bits per heavy atom. The first-order chi connectivity index (χ1) is 21.3. The van der Waals surface area contributed by atoms with Crippen molar-refractivity contribution in [1.82, 2.24) is 0 Å². The van der Waals surface area contributed by atoms with Crippen molar-refractivity contribution in [3.63, 3.8) is 0 Å². The molecule has 3 aromatic rings. The van der Waals surface area contributed by atoms with Crippen LogP contribution in [0.25, 0.3) is 0 Å². The number of benzene rings is 3. The van der Waals surface area contributed by atoms with Crippen LogP contribution in [0.1, 0.15) is 31.2 Å². The number of anilines is 3. The predicted octanol–water partition coefficient (Wildman–Crippen LogP) is 5.78. The summed E-state index contributed by atoms with van der Waals surface area (Å²) in [6.45, 7) is 1.61. The molecule has 0 aromatic heterocycles. The molecule has 8 heteroatoms. The number of phenols is 1. The van der Waals surface area contributed by atoms with Gasteiger partial charge in [0.1, 0.15) is 11.5 Å². The fourth-order valence-corrected chi connectivity index (χ4v) is 7.27. The molecule has 4 unspecified atom stereocenters. The Bertz CT molecular complexity index is 1840. The number of fused-ring (bicyclic) bond motifs is 3. The summed E-state index contributed by atoms with van der Waals surface area (Å²) in [5.41, 5.74) is 4.48. The number of methoxy groups -OCH3 is 1. The number of hydrogen-bond donors (Lipinski definition) is 2. The van der Waals surface area contributed by atoms with Crippen molar-refractivity contribution in [2.45, 2.75) is 25.7 Å². The van der Waals surface area contributed by atoms with E-state index in [2.05, 4.69) is 5.32 Å². The Hall–Kier alpha value is -5.24. The Balaban J connectivity index is 1.26. The highest BCUT2D eigenvalue weighted by molar-refractivity contribution is 6.25. The highest BCUT2D eigenvalue weighted by atomic mass is 16.5. The van der Waals surface area contributed by atoms with E-state index in [9.17, 15) is 24.3 Å². The van der Waals surface area contributed by atoms with Crippen LogP contribution >= 0.6 is 0 Å². The van der Waals surface area contributed by atoms with Gasteiger partial charge in [0, 0.05) is 45.6 Å². The maximum Gasteiger partial charge on any atom is 0.238 e. The van der Waals surface area contributed by atoms with Crippen molar-refractivity contribution in [3.05, 3.63) is 113 Å². The zero-order valence-electron chi connectivity index (χ0n) is 24.2. The van der Waals surface area contributed by atoms with Crippen molar-refractivity contribution in [2.24, 2.45) is 17.8 Å². The van der Waals surface area contributed by atoms with Crippen LogP contribution < -0.4 is 15.0 Å². The molecule has 4 aliphatic rings. The molecule has 1 fully saturated rings. The first-order valence-corrected chi connectivity index (χ1v) is 14.6. The second-order valence-corrected chi connectivity index (χ2v) is 11.7. The van der Waals surface area contributed by atoms with Crippen LogP contribution in [-0.2, 0) is 19.2 Å². The lowest BCUT2D eigenvalue weighted by molar-refractivity contribution is -0.123.